The van der Waals surface area contributed by atoms with Gasteiger partial charge in [0, 0.05) is 24.6 Å². The Morgan fingerprint density at radius 3 is 2.40 bits per heavy atom. The molecule has 4 nitrogen and oxygen atoms in total. The molecule has 0 saturated heterocycles. The van der Waals surface area contributed by atoms with Crippen LogP contribution in [0.1, 0.15) is 24.3 Å². The highest BCUT2D eigenvalue weighted by Crippen LogP contribution is 2.43. The Bertz CT molecular complexity index is 743. The number of carbonyl (C=O) groups is 2. The van der Waals surface area contributed by atoms with Gasteiger partial charge in [0.15, 0.2) is 5.54 Å². The number of aliphatic carboxylic acids is 1. The summed E-state index contributed by atoms with van der Waals surface area (Å²) in [5.74, 6) is -7.29. The minimum Gasteiger partial charge on any atom is -0.481 e. The number of alkyl halides is 3. The molecule has 2 unspecified atom stereocenters. The predicted octanol–water partition coefficient (Wildman–Crippen LogP) is 3.42. The van der Waals surface area contributed by atoms with E-state index in [1.54, 1.807) is 0 Å². The average Bonchev–Trinajstić information content (AvgIpc) is 2.97. The first-order valence-corrected chi connectivity index (χ1v) is 7.09. The van der Waals surface area contributed by atoms with Crippen LogP contribution >= 0.6 is 0 Å². The largest absolute Gasteiger partial charge is 0.481 e. The molecule has 1 N–H and O–H groups in total. The molecule has 1 heterocycles. The van der Waals surface area contributed by atoms with Gasteiger partial charge in [-0.25, -0.2) is 8.78 Å². The average molecular weight is 361 g/mol. The third-order valence-electron chi connectivity index (χ3n) is 3.86. The molecule has 1 aliphatic rings. The number of carbonyl (C=O) groups excluding carboxylic acids is 1. The van der Waals surface area contributed by atoms with Gasteiger partial charge in [-0.1, -0.05) is 6.07 Å². The summed E-state index contributed by atoms with van der Waals surface area (Å²) in [6.07, 6.45) is -3.49. The van der Waals surface area contributed by atoms with E-state index in [9.17, 15) is 31.5 Å². The summed E-state index contributed by atoms with van der Waals surface area (Å²) >= 11 is 0. The highest BCUT2D eigenvalue weighted by atomic mass is 19.4. The van der Waals surface area contributed by atoms with Crippen LogP contribution in [0.25, 0.3) is 0 Å². The standard InChI is InChI=1S/C16H12F5NO3/c17-9-2-3-10(12(18)8-9)11(4-5-13(23)24)15(6-1-7-22-15)14(25)16(19,20)21/h1-3,6-8,11H,4-5H2,(H,23,24). The van der Waals surface area contributed by atoms with E-state index in [1.165, 1.54) is 0 Å². The molecule has 0 bridgehead atoms. The summed E-state index contributed by atoms with van der Waals surface area (Å²) in [6.45, 7) is 0. The first-order chi connectivity index (χ1) is 11.6. The van der Waals surface area contributed by atoms with Gasteiger partial charge in [-0.2, -0.15) is 13.2 Å². The second-order valence-electron chi connectivity index (χ2n) is 5.44. The number of allylic oxidation sites excluding steroid dienone is 1. The predicted molar refractivity (Wildman–Crippen MR) is 77.4 cm³/mol. The van der Waals surface area contributed by atoms with Crippen molar-refractivity contribution in [2.75, 3.05) is 0 Å². The van der Waals surface area contributed by atoms with E-state index in [4.69, 9.17) is 5.11 Å². The molecule has 25 heavy (non-hydrogen) atoms. The Kier molecular flexibility index (Phi) is 5.05. The number of benzene rings is 1. The number of nitrogens with zero attached hydrogens (tertiary/aromatic N) is 1. The zero-order valence-electron chi connectivity index (χ0n) is 12.6. The van der Waals surface area contributed by atoms with E-state index >= 15 is 0 Å². The van der Waals surface area contributed by atoms with E-state index < -0.39 is 59.4 Å². The summed E-state index contributed by atoms with van der Waals surface area (Å²) in [7, 11) is 0. The van der Waals surface area contributed by atoms with E-state index in [-0.39, 0.29) is 0 Å². The number of ketones is 1. The molecule has 1 aromatic carbocycles. The van der Waals surface area contributed by atoms with Crippen LogP contribution in [0, 0.1) is 11.6 Å². The van der Waals surface area contributed by atoms with Crippen molar-refractivity contribution < 1.29 is 36.6 Å². The molecule has 0 spiro atoms. The molecule has 0 radical (unpaired) electrons. The highest BCUT2D eigenvalue weighted by Gasteiger charge is 2.56. The van der Waals surface area contributed by atoms with Crippen LogP contribution in [0.15, 0.2) is 35.3 Å². The number of Topliss-reactive ketones (excluding diaryl/α,β-unsaturated/α-hetero) is 1. The van der Waals surface area contributed by atoms with Crippen LogP contribution in [0.5, 0.6) is 0 Å². The molecule has 134 valence electrons. The third-order valence-corrected chi connectivity index (χ3v) is 3.86. The first-order valence-electron chi connectivity index (χ1n) is 7.09. The Hall–Kier alpha value is -2.58. The third kappa shape index (κ3) is 3.75. The maximum Gasteiger partial charge on any atom is 0.452 e. The molecule has 0 aliphatic carbocycles. The quantitative estimate of drug-likeness (QED) is 0.790. The lowest BCUT2D eigenvalue weighted by Gasteiger charge is -2.33. The van der Waals surface area contributed by atoms with Gasteiger partial charge in [0.05, 0.1) is 0 Å². The van der Waals surface area contributed by atoms with Crippen LogP contribution in [0.4, 0.5) is 22.0 Å². The van der Waals surface area contributed by atoms with Crippen LogP contribution in [0.2, 0.25) is 0 Å². The van der Waals surface area contributed by atoms with Gasteiger partial charge in [-0.15, -0.1) is 0 Å². The van der Waals surface area contributed by atoms with Crippen molar-refractivity contribution >= 4 is 18.0 Å². The van der Waals surface area contributed by atoms with Gasteiger partial charge in [0.1, 0.15) is 11.6 Å². The topological polar surface area (TPSA) is 66.7 Å². The maximum atomic E-state index is 14.2. The molecular formula is C16H12F5NO3. The van der Waals surface area contributed by atoms with Crippen molar-refractivity contribution in [1.82, 2.24) is 0 Å². The minimum atomic E-state index is -5.27. The van der Waals surface area contributed by atoms with E-state index in [2.05, 4.69) is 4.99 Å². The second-order valence-corrected chi connectivity index (χ2v) is 5.44. The minimum absolute atomic E-state index is 0.413. The van der Waals surface area contributed by atoms with Crippen LogP contribution in [-0.4, -0.2) is 34.8 Å². The number of hydrogen-bond donors (Lipinski definition) is 1. The van der Waals surface area contributed by atoms with Crippen LogP contribution in [-0.2, 0) is 9.59 Å². The van der Waals surface area contributed by atoms with Crippen LogP contribution < -0.4 is 0 Å². The second kappa shape index (κ2) is 6.73. The molecule has 0 saturated carbocycles. The van der Waals surface area contributed by atoms with Crippen molar-refractivity contribution in [2.45, 2.75) is 30.5 Å². The number of carboxylic acids is 1. The van der Waals surface area contributed by atoms with Gasteiger partial charge >= 0.3 is 12.1 Å². The smallest absolute Gasteiger partial charge is 0.452 e. The zero-order valence-corrected chi connectivity index (χ0v) is 12.6. The number of hydrogen-bond acceptors (Lipinski definition) is 3. The summed E-state index contributed by atoms with van der Waals surface area (Å²) in [5.41, 5.74) is -2.93. The zero-order chi connectivity index (χ0) is 18.8. The summed E-state index contributed by atoms with van der Waals surface area (Å²) in [4.78, 5) is 26.4. The molecule has 0 aromatic heterocycles. The van der Waals surface area contributed by atoms with E-state index in [0.29, 0.717) is 6.07 Å². The fraction of sp³-hybridized carbons (Fsp3) is 0.312. The molecule has 0 fully saturated rings. The summed E-state index contributed by atoms with van der Waals surface area (Å²) in [5, 5.41) is 8.83. The number of rotatable bonds is 6. The number of aliphatic imine (C=N–C) groups is 1. The Morgan fingerprint density at radius 2 is 1.92 bits per heavy atom. The van der Waals surface area contributed by atoms with Gasteiger partial charge < -0.3 is 5.11 Å². The lowest BCUT2D eigenvalue weighted by Crippen LogP contribution is -2.48. The normalized spacial score (nSPS) is 20.7. The summed E-state index contributed by atoms with van der Waals surface area (Å²) in [6, 6.07) is 2.17. The summed E-state index contributed by atoms with van der Waals surface area (Å²) < 4.78 is 66.4. The lowest BCUT2D eigenvalue weighted by molar-refractivity contribution is -0.176. The van der Waals surface area contributed by atoms with Crippen molar-refractivity contribution in [3.8, 4) is 0 Å². The molecule has 9 heteroatoms. The Morgan fingerprint density at radius 1 is 1.24 bits per heavy atom. The maximum absolute atomic E-state index is 14.2. The Labute approximate surface area is 138 Å². The molecule has 1 aliphatic heterocycles. The lowest BCUT2D eigenvalue weighted by atomic mass is 9.74. The molecule has 2 rings (SSSR count). The van der Waals surface area contributed by atoms with Gasteiger partial charge in [0.25, 0.3) is 5.78 Å². The van der Waals surface area contributed by atoms with Crippen molar-refractivity contribution in [3.63, 3.8) is 0 Å². The molecular weight excluding hydrogens is 349 g/mol. The van der Waals surface area contributed by atoms with E-state index in [0.717, 1.165) is 30.5 Å². The fourth-order valence-corrected chi connectivity index (χ4v) is 2.79. The fourth-order valence-electron chi connectivity index (χ4n) is 2.79. The monoisotopic (exact) mass is 361 g/mol. The SMILES string of the molecule is O=C(O)CCC(c1ccc(F)cc1F)C1(C(=O)C(F)(F)F)C=CC=N1. The Balaban J connectivity index is 2.59. The highest BCUT2D eigenvalue weighted by molar-refractivity contribution is 6.00. The molecule has 0 amide bonds. The van der Waals surface area contributed by atoms with Crippen molar-refractivity contribution in [3.05, 3.63) is 47.5 Å². The van der Waals surface area contributed by atoms with Gasteiger partial charge in [-0.05, 0) is 30.2 Å². The van der Waals surface area contributed by atoms with E-state index in [1.807, 2.05) is 0 Å². The first kappa shape index (κ1) is 18.8. The van der Waals surface area contributed by atoms with Crippen molar-refractivity contribution in [2.24, 2.45) is 4.99 Å². The number of carboxylic acid groups (broad SMARTS) is 1. The molecule has 1 aromatic rings. The van der Waals surface area contributed by atoms with Gasteiger partial charge in [0.2, 0.25) is 0 Å². The van der Waals surface area contributed by atoms with Gasteiger partial charge in [-0.3, -0.25) is 14.6 Å². The molecule has 2 atom stereocenters. The van der Waals surface area contributed by atoms with Crippen molar-refractivity contribution in [1.29, 1.82) is 0 Å². The number of halogens is 5. The van der Waals surface area contributed by atoms with Crippen LogP contribution in [0.3, 0.4) is 0 Å².